The van der Waals surface area contributed by atoms with E-state index in [1.165, 1.54) is 30.3 Å². The van der Waals surface area contributed by atoms with Crippen molar-refractivity contribution in [2.24, 2.45) is 5.10 Å². The summed E-state index contributed by atoms with van der Waals surface area (Å²) in [6.45, 7) is -0.425. The first kappa shape index (κ1) is 17.1. The lowest BCUT2D eigenvalue weighted by atomic mass is 10.1. The van der Waals surface area contributed by atoms with E-state index >= 15 is 0 Å². The number of nitro groups is 1. The SMILES string of the molecule is O=C(COc1cccc(F)c1)N/N=C\c1cc2c(cc1[N+](=O)[O-])OCO2. The summed E-state index contributed by atoms with van der Waals surface area (Å²) in [5, 5.41) is 14.8. The van der Waals surface area contributed by atoms with Crippen molar-refractivity contribution in [1.29, 1.82) is 0 Å². The molecule has 10 heteroatoms. The molecular formula is C16H12FN3O6. The van der Waals surface area contributed by atoms with E-state index in [1.807, 2.05) is 0 Å². The third-order valence-electron chi connectivity index (χ3n) is 3.28. The summed E-state index contributed by atoms with van der Waals surface area (Å²) in [4.78, 5) is 22.2. The van der Waals surface area contributed by atoms with Gasteiger partial charge in [0.15, 0.2) is 18.1 Å². The Bertz CT molecular complexity index is 886. The van der Waals surface area contributed by atoms with Crippen LogP contribution in [0.2, 0.25) is 0 Å². The van der Waals surface area contributed by atoms with Gasteiger partial charge < -0.3 is 14.2 Å². The number of hydrogen-bond acceptors (Lipinski definition) is 7. The van der Waals surface area contributed by atoms with Crippen LogP contribution in [0.5, 0.6) is 17.2 Å². The first-order valence-corrected chi connectivity index (χ1v) is 7.31. The van der Waals surface area contributed by atoms with Gasteiger partial charge in [-0.3, -0.25) is 14.9 Å². The number of fused-ring (bicyclic) bond motifs is 1. The number of carbonyl (C=O) groups is 1. The van der Waals surface area contributed by atoms with E-state index in [-0.39, 0.29) is 29.5 Å². The highest BCUT2D eigenvalue weighted by atomic mass is 19.1. The van der Waals surface area contributed by atoms with Crippen LogP contribution in [0, 0.1) is 15.9 Å². The maximum atomic E-state index is 13.0. The van der Waals surface area contributed by atoms with Crippen molar-refractivity contribution in [2.45, 2.75) is 0 Å². The largest absolute Gasteiger partial charge is 0.484 e. The van der Waals surface area contributed by atoms with Gasteiger partial charge in [0, 0.05) is 6.07 Å². The minimum atomic E-state index is -0.617. The molecule has 0 atom stereocenters. The first-order chi connectivity index (χ1) is 12.5. The normalized spacial score (nSPS) is 12.2. The summed E-state index contributed by atoms with van der Waals surface area (Å²) in [6.07, 6.45) is 1.11. The van der Waals surface area contributed by atoms with Crippen molar-refractivity contribution < 1.29 is 28.3 Å². The second-order valence-corrected chi connectivity index (χ2v) is 5.06. The molecule has 0 radical (unpaired) electrons. The molecule has 0 unspecified atom stereocenters. The Balaban J connectivity index is 1.61. The number of hydrogen-bond donors (Lipinski definition) is 1. The van der Waals surface area contributed by atoms with Crippen LogP contribution < -0.4 is 19.6 Å². The molecule has 0 fully saturated rings. The zero-order valence-electron chi connectivity index (χ0n) is 13.2. The van der Waals surface area contributed by atoms with Crippen LogP contribution in [0.1, 0.15) is 5.56 Å². The second kappa shape index (κ2) is 7.47. The summed E-state index contributed by atoms with van der Waals surface area (Å²) in [5.41, 5.74) is 2.05. The van der Waals surface area contributed by atoms with Gasteiger partial charge in [0.25, 0.3) is 11.6 Å². The lowest BCUT2D eigenvalue weighted by molar-refractivity contribution is -0.385. The molecule has 9 nitrogen and oxygen atoms in total. The van der Waals surface area contributed by atoms with E-state index < -0.39 is 23.3 Å². The van der Waals surface area contributed by atoms with E-state index in [2.05, 4.69) is 10.5 Å². The minimum Gasteiger partial charge on any atom is -0.484 e. The number of halogens is 1. The number of amides is 1. The zero-order chi connectivity index (χ0) is 18.5. The summed E-state index contributed by atoms with van der Waals surface area (Å²) >= 11 is 0. The third-order valence-corrected chi connectivity index (χ3v) is 3.28. The van der Waals surface area contributed by atoms with Gasteiger partial charge in [-0.15, -0.1) is 0 Å². The summed E-state index contributed by atoms with van der Waals surface area (Å²) in [7, 11) is 0. The van der Waals surface area contributed by atoms with Gasteiger partial charge in [-0.1, -0.05) is 6.07 Å². The molecule has 134 valence electrons. The highest BCUT2D eigenvalue weighted by Crippen LogP contribution is 2.37. The smallest absolute Gasteiger partial charge is 0.282 e. The number of nitro benzene ring substituents is 1. The van der Waals surface area contributed by atoms with Gasteiger partial charge in [0.05, 0.1) is 22.8 Å². The Kier molecular flexibility index (Phi) is 4.92. The molecule has 0 aliphatic carbocycles. The quantitative estimate of drug-likeness (QED) is 0.478. The molecule has 0 bridgehead atoms. The molecule has 0 saturated carbocycles. The van der Waals surface area contributed by atoms with Crippen LogP contribution in [-0.4, -0.2) is 30.4 Å². The average Bonchev–Trinajstić information content (AvgIpc) is 3.06. The number of nitrogens with one attached hydrogen (secondary N) is 1. The minimum absolute atomic E-state index is 0.0265. The number of ether oxygens (including phenoxy) is 3. The maximum Gasteiger partial charge on any atom is 0.282 e. The van der Waals surface area contributed by atoms with Gasteiger partial charge in [-0.2, -0.15) is 5.10 Å². The summed E-state index contributed by atoms with van der Waals surface area (Å²) in [6, 6.07) is 7.93. The van der Waals surface area contributed by atoms with Crippen LogP contribution in [0.25, 0.3) is 0 Å². The number of hydrazone groups is 1. The lowest BCUT2D eigenvalue weighted by Crippen LogP contribution is -2.24. The molecule has 2 aromatic rings. The Labute approximate surface area is 146 Å². The average molecular weight is 361 g/mol. The molecule has 2 aromatic carbocycles. The number of nitrogens with zero attached hydrogens (tertiary/aromatic N) is 2. The Morgan fingerprint density at radius 3 is 2.85 bits per heavy atom. The molecule has 0 saturated heterocycles. The van der Waals surface area contributed by atoms with Crippen molar-refractivity contribution in [3.63, 3.8) is 0 Å². The maximum absolute atomic E-state index is 13.0. The fraction of sp³-hybridized carbons (Fsp3) is 0.125. The van der Waals surface area contributed by atoms with Crippen LogP contribution in [0.15, 0.2) is 41.5 Å². The van der Waals surface area contributed by atoms with Crippen LogP contribution >= 0.6 is 0 Å². The van der Waals surface area contributed by atoms with E-state index in [9.17, 15) is 19.3 Å². The van der Waals surface area contributed by atoms with E-state index in [0.29, 0.717) is 5.75 Å². The molecule has 0 spiro atoms. The highest BCUT2D eigenvalue weighted by molar-refractivity contribution is 5.88. The Morgan fingerprint density at radius 1 is 1.35 bits per heavy atom. The lowest BCUT2D eigenvalue weighted by Gasteiger charge is -2.04. The third kappa shape index (κ3) is 4.04. The predicted octanol–water partition coefficient (Wildman–Crippen LogP) is 1.99. The standard InChI is InChI=1S/C16H12FN3O6/c17-11-2-1-3-12(5-11)24-8-16(21)19-18-7-10-4-14-15(26-9-25-14)6-13(10)20(22)23/h1-7H,8-9H2,(H,19,21)/b18-7-. The Morgan fingerprint density at radius 2 is 2.12 bits per heavy atom. The summed E-state index contributed by atoms with van der Waals surface area (Å²) in [5.74, 6) is -0.306. The molecule has 26 heavy (non-hydrogen) atoms. The molecule has 1 N–H and O–H groups in total. The molecule has 1 aliphatic rings. The van der Waals surface area contributed by atoms with Crippen LogP contribution in [-0.2, 0) is 4.79 Å². The van der Waals surface area contributed by atoms with Crippen LogP contribution in [0.3, 0.4) is 0 Å². The van der Waals surface area contributed by atoms with Crippen molar-refractivity contribution >= 4 is 17.8 Å². The zero-order valence-corrected chi connectivity index (χ0v) is 13.2. The fourth-order valence-electron chi connectivity index (χ4n) is 2.12. The second-order valence-electron chi connectivity index (χ2n) is 5.06. The predicted molar refractivity (Wildman–Crippen MR) is 86.9 cm³/mol. The number of rotatable bonds is 6. The summed E-state index contributed by atoms with van der Waals surface area (Å²) < 4.78 is 28.3. The highest BCUT2D eigenvalue weighted by Gasteiger charge is 2.22. The molecule has 0 aromatic heterocycles. The Hall–Kier alpha value is -3.69. The molecule has 1 heterocycles. The van der Waals surface area contributed by atoms with Crippen molar-refractivity contribution in [3.8, 4) is 17.2 Å². The first-order valence-electron chi connectivity index (χ1n) is 7.31. The topological polar surface area (TPSA) is 112 Å². The number of carbonyl (C=O) groups excluding carboxylic acids is 1. The van der Waals surface area contributed by atoms with Crippen molar-refractivity contribution in [3.05, 3.63) is 57.9 Å². The van der Waals surface area contributed by atoms with Gasteiger partial charge in [0.1, 0.15) is 11.6 Å². The molecular weight excluding hydrogens is 349 g/mol. The van der Waals surface area contributed by atoms with Gasteiger partial charge in [-0.05, 0) is 18.2 Å². The molecule has 1 aliphatic heterocycles. The van der Waals surface area contributed by atoms with Crippen LogP contribution in [0.4, 0.5) is 10.1 Å². The van der Waals surface area contributed by atoms with Gasteiger partial charge in [0.2, 0.25) is 6.79 Å². The van der Waals surface area contributed by atoms with E-state index in [4.69, 9.17) is 14.2 Å². The van der Waals surface area contributed by atoms with E-state index in [0.717, 1.165) is 12.3 Å². The van der Waals surface area contributed by atoms with Gasteiger partial charge in [-0.25, -0.2) is 9.82 Å². The van der Waals surface area contributed by atoms with Crippen molar-refractivity contribution in [2.75, 3.05) is 13.4 Å². The molecule has 3 rings (SSSR count). The number of benzene rings is 2. The van der Waals surface area contributed by atoms with E-state index in [1.54, 1.807) is 0 Å². The fourth-order valence-corrected chi connectivity index (χ4v) is 2.12. The van der Waals surface area contributed by atoms with Gasteiger partial charge >= 0.3 is 0 Å². The monoisotopic (exact) mass is 361 g/mol. The van der Waals surface area contributed by atoms with Crippen molar-refractivity contribution in [1.82, 2.24) is 5.43 Å². The molecule has 1 amide bonds.